The predicted molar refractivity (Wildman–Crippen MR) is 49.2 cm³/mol. The van der Waals surface area contributed by atoms with Crippen LogP contribution in [0.25, 0.3) is 0 Å². The summed E-state index contributed by atoms with van der Waals surface area (Å²) in [6.45, 7) is 4.92. The van der Waals surface area contributed by atoms with Crippen LogP contribution < -0.4 is 0 Å². The first-order valence-electron chi connectivity index (χ1n) is 4.65. The van der Waals surface area contributed by atoms with Gasteiger partial charge in [0.25, 0.3) is 0 Å². The average Bonchev–Trinajstić information content (AvgIpc) is 2.52. The van der Waals surface area contributed by atoms with Gasteiger partial charge in [-0.3, -0.25) is 4.90 Å². The zero-order chi connectivity index (χ0) is 8.10. The first-order chi connectivity index (χ1) is 5.34. The zero-order valence-electron chi connectivity index (χ0n) is 7.55. The molecule has 0 heterocycles. The van der Waals surface area contributed by atoms with Crippen molar-refractivity contribution in [3.63, 3.8) is 0 Å². The monoisotopic (exact) mass is 153 g/mol. The Labute approximate surface area is 70.8 Å². The van der Waals surface area contributed by atoms with Crippen LogP contribution in [-0.4, -0.2) is 24.5 Å². The SMILES string of the molecule is [CH2-][CH+]CCN(C)C1CCCC1. The Hall–Kier alpha value is -0.170. The highest BCUT2D eigenvalue weighted by Gasteiger charge is 2.18. The quantitative estimate of drug-likeness (QED) is 0.560. The van der Waals surface area contributed by atoms with Crippen LogP contribution in [0.5, 0.6) is 0 Å². The molecule has 1 rings (SSSR count). The molecular weight excluding hydrogens is 134 g/mol. The molecular formula is C10H19N. The standard InChI is InChI=1S/C10H19N/c1-3-4-9-11(2)10-7-5-6-8-10/h3,10H,1,4-9H2,2H3. The molecule has 1 fully saturated rings. The molecule has 64 valence electrons. The Morgan fingerprint density at radius 3 is 2.64 bits per heavy atom. The third-order valence-electron chi connectivity index (χ3n) is 2.63. The van der Waals surface area contributed by atoms with E-state index in [0.29, 0.717) is 0 Å². The van der Waals surface area contributed by atoms with Gasteiger partial charge in [0, 0.05) is 12.6 Å². The van der Waals surface area contributed by atoms with Gasteiger partial charge in [0.2, 0.25) is 0 Å². The fraction of sp³-hybridized carbons (Fsp3) is 0.800. The van der Waals surface area contributed by atoms with E-state index in [1.165, 1.54) is 32.2 Å². The van der Waals surface area contributed by atoms with Crippen molar-refractivity contribution in [3.8, 4) is 0 Å². The highest BCUT2D eigenvalue weighted by molar-refractivity contribution is 4.77. The minimum absolute atomic E-state index is 0.870. The van der Waals surface area contributed by atoms with E-state index in [2.05, 4.69) is 18.9 Å². The molecule has 0 aromatic rings. The molecule has 1 aliphatic rings. The molecule has 0 N–H and O–H groups in total. The summed E-state index contributed by atoms with van der Waals surface area (Å²) in [6.07, 6.45) is 8.83. The summed E-state index contributed by atoms with van der Waals surface area (Å²) in [7, 11) is 2.24. The van der Waals surface area contributed by atoms with Gasteiger partial charge in [-0.1, -0.05) is 19.3 Å². The van der Waals surface area contributed by atoms with Crippen LogP contribution in [0, 0.1) is 13.3 Å². The van der Waals surface area contributed by atoms with E-state index in [1.807, 2.05) is 6.42 Å². The van der Waals surface area contributed by atoms with E-state index in [9.17, 15) is 0 Å². The summed E-state index contributed by atoms with van der Waals surface area (Å²) in [6, 6.07) is 0.870. The zero-order valence-corrected chi connectivity index (χ0v) is 7.55. The lowest BCUT2D eigenvalue weighted by atomic mass is 10.2. The molecule has 0 aromatic carbocycles. The number of unbranched alkanes of at least 4 members (excludes halogenated alkanes) is 1. The lowest BCUT2D eigenvalue weighted by molar-refractivity contribution is 0.248. The smallest absolute Gasteiger partial charge is 0.0697 e. The highest BCUT2D eigenvalue weighted by Crippen LogP contribution is 2.22. The number of nitrogens with zero attached hydrogens (tertiary/aromatic N) is 1. The normalized spacial score (nSPS) is 19.5. The number of hydrogen-bond acceptors (Lipinski definition) is 1. The van der Waals surface area contributed by atoms with Crippen LogP contribution in [0.3, 0.4) is 0 Å². The van der Waals surface area contributed by atoms with E-state index in [4.69, 9.17) is 0 Å². The van der Waals surface area contributed by atoms with E-state index >= 15 is 0 Å². The van der Waals surface area contributed by atoms with Gasteiger partial charge in [0.05, 0.1) is 6.42 Å². The first-order valence-corrected chi connectivity index (χ1v) is 4.65. The molecule has 0 spiro atoms. The summed E-state index contributed by atoms with van der Waals surface area (Å²) < 4.78 is 0. The molecule has 0 unspecified atom stereocenters. The summed E-state index contributed by atoms with van der Waals surface area (Å²) in [5.41, 5.74) is 0. The Bertz CT molecular complexity index is 95.0. The van der Waals surface area contributed by atoms with Gasteiger partial charge in [-0.15, -0.1) is 6.92 Å². The van der Waals surface area contributed by atoms with Crippen LogP contribution >= 0.6 is 0 Å². The van der Waals surface area contributed by atoms with Crippen molar-refractivity contribution >= 4 is 0 Å². The summed E-state index contributed by atoms with van der Waals surface area (Å²) in [5, 5.41) is 0. The van der Waals surface area contributed by atoms with Gasteiger partial charge in [-0.05, 0) is 19.9 Å². The average molecular weight is 153 g/mol. The van der Waals surface area contributed by atoms with Crippen molar-refractivity contribution in [1.29, 1.82) is 0 Å². The highest BCUT2D eigenvalue weighted by atomic mass is 15.1. The molecule has 0 aromatic heterocycles. The van der Waals surface area contributed by atoms with Gasteiger partial charge in [0.15, 0.2) is 0 Å². The third kappa shape index (κ3) is 2.74. The van der Waals surface area contributed by atoms with Crippen molar-refractivity contribution in [2.24, 2.45) is 0 Å². The van der Waals surface area contributed by atoms with Crippen molar-refractivity contribution in [2.45, 2.75) is 38.1 Å². The minimum atomic E-state index is 0.870. The third-order valence-corrected chi connectivity index (χ3v) is 2.63. The maximum Gasteiger partial charge on any atom is 0.0697 e. The Balaban J connectivity index is 2.12. The summed E-state index contributed by atoms with van der Waals surface area (Å²) >= 11 is 0. The molecule has 11 heavy (non-hydrogen) atoms. The van der Waals surface area contributed by atoms with Gasteiger partial charge in [0.1, 0.15) is 0 Å². The molecule has 1 aliphatic carbocycles. The van der Waals surface area contributed by atoms with Crippen molar-refractivity contribution < 1.29 is 0 Å². The van der Waals surface area contributed by atoms with E-state index in [-0.39, 0.29) is 0 Å². The molecule has 1 heteroatoms. The van der Waals surface area contributed by atoms with Crippen LogP contribution in [0.15, 0.2) is 0 Å². The van der Waals surface area contributed by atoms with E-state index in [0.717, 1.165) is 12.5 Å². The molecule has 0 aliphatic heterocycles. The fourth-order valence-corrected chi connectivity index (χ4v) is 1.82. The van der Waals surface area contributed by atoms with E-state index in [1.54, 1.807) is 0 Å². The van der Waals surface area contributed by atoms with Crippen LogP contribution in [0.2, 0.25) is 0 Å². The minimum Gasteiger partial charge on any atom is -0.299 e. The van der Waals surface area contributed by atoms with Crippen molar-refractivity contribution in [1.82, 2.24) is 4.90 Å². The van der Waals surface area contributed by atoms with Crippen molar-refractivity contribution in [2.75, 3.05) is 13.6 Å². The Kier molecular flexibility index (Phi) is 3.78. The fourth-order valence-electron chi connectivity index (χ4n) is 1.82. The molecule has 0 atom stereocenters. The predicted octanol–water partition coefficient (Wildman–Crippen LogP) is 2.29. The van der Waals surface area contributed by atoms with Crippen LogP contribution in [-0.2, 0) is 0 Å². The summed E-state index contributed by atoms with van der Waals surface area (Å²) in [4.78, 5) is 2.48. The second kappa shape index (κ2) is 4.66. The largest absolute Gasteiger partial charge is 0.299 e. The van der Waals surface area contributed by atoms with Gasteiger partial charge < -0.3 is 0 Å². The number of rotatable bonds is 4. The first kappa shape index (κ1) is 8.92. The molecule has 0 radical (unpaired) electrons. The molecule has 0 bridgehead atoms. The van der Waals surface area contributed by atoms with Gasteiger partial charge in [-0.2, -0.15) is 0 Å². The molecule has 0 saturated heterocycles. The van der Waals surface area contributed by atoms with Gasteiger partial charge in [-0.25, -0.2) is 0 Å². The van der Waals surface area contributed by atoms with Gasteiger partial charge >= 0.3 is 0 Å². The lowest BCUT2D eigenvalue weighted by Gasteiger charge is -2.22. The molecule has 1 nitrogen and oxygen atoms in total. The Morgan fingerprint density at radius 1 is 1.45 bits per heavy atom. The van der Waals surface area contributed by atoms with Crippen molar-refractivity contribution in [3.05, 3.63) is 13.3 Å². The molecule has 1 saturated carbocycles. The Morgan fingerprint density at radius 2 is 2.09 bits per heavy atom. The second-order valence-corrected chi connectivity index (χ2v) is 3.50. The van der Waals surface area contributed by atoms with E-state index < -0.39 is 0 Å². The maximum absolute atomic E-state index is 3.73. The summed E-state index contributed by atoms with van der Waals surface area (Å²) in [5.74, 6) is 0. The topological polar surface area (TPSA) is 3.24 Å². The second-order valence-electron chi connectivity index (χ2n) is 3.50. The maximum atomic E-state index is 3.73. The van der Waals surface area contributed by atoms with Crippen LogP contribution in [0.4, 0.5) is 0 Å². The van der Waals surface area contributed by atoms with Crippen LogP contribution in [0.1, 0.15) is 32.1 Å². The molecule has 0 amide bonds. The lowest BCUT2D eigenvalue weighted by Crippen LogP contribution is -2.29. The number of hydrogen-bond donors (Lipinski definition) is 0.